The molecule has 5 nitrogen and oxygen atoms in total. The van der Waals surface area contributed by atoms with Crippen LogP contribution >= 0.6 is 0 Å². The van der Waals surface area contributed by atoms with Crippen molar-refractivity contribution in [2.75, 3.05) is 19.5 Å². The molecule has 0 aliphatic heterocycles. The molecule has 1 atom stereocenters. The second kappa shape index (κ2) is 6.12. The van der Waals surface area contributed by atoms with Crippen molar-refractivity contribution in [2.45, 2.75) is 24.3 Å². The largest absolute Gasteiger partial charge is 0.399 e. The summed E-state index contributed by atoms with van der Waals surface area (Å²) >= 11 is 0. The van der Waals surface area contributed by atoms with E-state index in [2.05, 4.69) is 4.72 Å². The van der Waals surface area contributed by atoms with Gasteiger partial charge in [-0.05, 0) is 24.6 Å². The molecule has 0 saturated carbocycles. The third kappa shape index (κ3) is 3.66. The molecule has 0 heterocycles. The Kier molecular flexibility index (Phi) is 5.06. The molecule has 1 aromatic rings. The predicted octanol–water partition coefficient (Wildman–Crippen LogP) is 1.11. The fourth-order valence-electron chi connectivity index (χ4n) is 1.45. The Morgan fingerprint density at radius 3 is 2.72 bits per heavy atom. The minimum absolute atomic E-state index is 0.191. The smallest absolute Gasteiger partial charge is 0.243 e. The molecule has 0 aliphatic rings. The van der Waals surface area contributed by atoms with Gasteiger partial charge in [0.1, 0.15) is 10.7 Å². The highest BCUT2D eigenvalue weighted by atomic mass is 32.2. The van der Waals surface area contributed by atoms with Crippen molar-refractivity contribution in [3.05, 3.63) is 24.0 Å². The van der Waals surface area contributed by atoms with Gasteiger partial charge in [-0.3, -0.25) is 0 Å². The van der Waals surface area contributed by atoms with Gasteiger partial charge in [-0.1, -0.05) is 6.92 Å². The van der Waals surface area contributed by atoms with Gasteiger partial charge < -0.3 is 10.5 Å². The van der Waals surface area contributed by atoms with Crippen LogP contribution in [0.4, 0.5) is 10.1 Å². The number of halogens is 1. The Balaban J connectivity index is 3.02. The predicted molar refractivity (Wildman–Crippen MR) is 67.1 cm³/mol. The lowest BCUT2D eigenvalue weighted by Crippen LogP contribution is -2.37. The average Bonchev–Trinajstić information content (AvgIpc) is 2.31. The van der Waals surface area contributed by atoms with E-state index >= 15 is 0 Å². The summed E-state index contributed by atoms with van der Waals surface area (Å²) in [5.41, 5.74) is 5.65. The average molecular weight is 276 g/mol. The lowest BCUT2D eigenvalue weighted by Gasteiger charge is -2.16. The van der Waals surface area contributed by atoms with Crippen molar-refractivity contribution in [1.82, 2.24) is 4.72 Å². The summed E-state index contributed by atoms with van der Waals surface area (Å²) in [5.74, 6) is -0.830. The molecule has 18 heavy (non-hydrogen) atoms. The lowest BCUT2D eigenvalue weighted by atomic mass is 10.3. The van der Waals surface area contributed by atoms with Crippen LogP contribution in [0.5, 0.6) is 0 Å². The normalized spacial score (nSPS) is 13.5. The minimum Gasteiger partial charge on any atom is -0.399 e. The number of sulfonamides is 1. The fourth-order valence-corrected chi connectivity index (χ4v) is 2.86. The number of ether oxygens (including phenoxy) is 1. The summed E-state index contributed by atoms with van der Waals surface area (Å²) in [5, 5.41) is 0. The van der Waals surface area contributed by atoms with E-state index < -0.39 is 26.8 Å². The lowest BCUT2D eigenvalue weighted by molar-refractivity contribution is 0.173. The molecule has 0 saturated heterocycles. The summed E-state index contributed by atoms with van der Waals surface area (Å²) in [6, 6.07) is 3.03. The first-order chi connectivity index (χ1) is 8.40. The molecule has 102 valence electrons. The zero-order valence-corrected chi connectivity index (χ0v) is 11.1. The Morgan fingerprint density at radius 1 is 1.50 bits per heavy atom. The molecule has 1 aromatic carbocycles. The van der Waals surface area contributed by atoms with Gasteiger partial charge in [0.25, 0.3) is 0 Å². The number of benzene rings is 1. The number of hydrogen-bond acceptors (Lipinski definition) is 4. The Hall–Kier alpha value is -1.18. The van der Waals surface area contributed by atoms with E-state index in [1.54, 1.807) is 0 Å². The third-order valence-electron chi connectivity index (χ3n) is 2.43. The molecule has 0 amide bonds. The van der Waals surface area contributed by atoms with Gasteiger partial charge in [0.05, 0.1) is 6.61 Å². The van der Waals surface area contributed by atoms with Crippen LogP contribution in [-0.4, -0.2) is 28.2 Å². The van der Waals surface area contributed by atoms with Gasteiger partial charge >= 0.3 is 0 Å². The highest BCUT2D eigenvalue weighted by Crippen LogP contribution is 2.18. The summed E-state index contributed by atoms with van der Waals surface area (Å²) in [7, 11) is -2.46. The molecule has 1 rings (SSSR count). The summed E-state index contributed by atoms with van der Waals surface area (Å²) in [4.78, 5) is -0.447. The quantitative estimate of drug-likeness (QED) is 0.763. The topological polar surface area (TPSA) is 81.4 Å². The van der Waals surface area contributed by atoms with E-state index in [0.29, 0.717) is 6.42 Å². The van der Waals surface area contributed by atoms with Crippen LogP contribution in [0, 0.1) is 5.82 Å². The Morgan fingerprint density at radius 2 is 2.17 bits per heavy atom. The zero-order valence-electron chi connectivity index (χ0n) is 10.3. The zero-order chi connectivity index (χ0) is 13.8. The van der Waals surface area contributed by atoms with Crippen LogP contribution < -0.4 is 10.5 Å². The molecular weight excluding hydrogens is 259 g/mol. The maximum atomic E-state index is 13.5. The first-order valence-electron chi connectivity index (χ1n) is 5.47. The summed E-state index contributed by atoms with van der Waals surface area (Å²) in [6.07, 6.45) is 0.539. The highest BCUT2D eigenvalue weighted by molar-refractivity contribution is 7.89. The number of hydrogen-bond donors (Lipinski definition) is 2. The first-order valence-corrected chi connectivity index (χ1v) is 6.95. The minimum atomic E-state index is -3.93. The van der Waals surface area contributed by atoms with E-state index in [0.717, 1.165) is 12.1 Å². The molecule has 0 bridgehead atoms. The van der Waals surface area contributed by atoms with Gasteiger partial charge in [-0.15, -0.1) is 0 Å². The Bertz CT molecular complexity index is 505. The van der Waals surface area contributed by atoms with Crippen molar-refractivity contribution in [3.8, 4) is 0 Å². The van der Waals surface area contributed by atoms with Crippen molar-refractivity contribution in [1.29, 1.82) is 0 Å². The maximum absolute atomic E-state index is 13.5. The van der Waals surface area contributed by atoms with Gasteiger partial charge in [0, 0.05) is 18.8 Å². The molecule has 0 radical (unpaired) electrons. The third-order valence-corrected chi connectivity index (χ3v) is 3.96. The van der Waals surface area contributed by atoms with Crippen LogP contribution in [0.15, 0.2) is 23.1 Å². The van der Waals surface area contributed by atoms with Crippen LogP contribution in [0.25, 0.3) is 0 Å². The fraction of sp³-hybridized carbons (Fsp3) is 0.455. The highest BCUT2D eigenvalue weighted by Gasteiger charge is 2.22. The van der Waals surface area contributed by atoms with Crippen molar-refractivity contribution in [2.24, 2.45) is 0 Å². The molecule has 0 aromatic heterocycles. The molecule has 3 N–H and O–H groups in total. The molecule has 0 fully saturated rings. The van der Waals surface area contributed by atoms with Gasteiger partial charge in [0.15, 0.2) is 0 Å². The van der Waals surface area contributed by atoms with E-state index in [9.17, 15) is 12.8 Å². The van der Waals surface area contributed by atoms with Gasteiger partial charge in [-0.25, -0.2) is 17.5 Å². The van der Waals surface area contributed by atoms with Crippen molar-refractivity contribution >= 4 is 15.7 Å². The second-order valence-electron chi connectivity index (χ2n) is 3.87. The van der Waals surface area contributed by atoms with Crippen molar-refractivity contribution < 1.29 is 17.5 Å². The Labute approximate surface area is 106 Å². The van der Waals surface area contributed by atoms with Crippen molar-refractivity contribution in [3.63, 3.8) is 0 Å². The first kappa shape index (κ1) is 14.9. The monoisotopic (exact) mass is 276 g/mol. The number of rotatable bonds is 6. The van der Waals surface area contributed by atoms with E-state index in [1.807, 2.05) is 6.92 Å². The van der Waals surface area contributed by atoms with E-state index in [4.69, 9.17) is 10.5 Å². The number of methoxy groups -OCH3 is 1. The number of nitrogen functional groups attached to an aromatic ring is 1. The maximum Gasteiger partial charge on any atom is 0.243 e. The molecule has 7 heteroatoms. The standard InChI is InChI=1S/C11H17FN2O3S/c1-3-9(7-17-2)14-18(15,16)11-6-8(13)4-5-10(11)12/h4-6,9,14H,3,7,13H2,1-2H3. The number of nitrogens with one attached hydrogen (secondary N) is 1. The SMILES string of the molecule is CCC(COC)NS(=O)(=O)c1cc(N)ccc1F. The molecule has 0 aliphatic carbocycles. The van der Waals surface area contributed by atoms with E-state index in [1.165, 1.54) is 13.2 Å². The van der Waals surface area contributed by atoms with Gasteiger partial charge in [-0.2, -0.15) is 0 Å². The molecule has 0 spiro atoms. The van der Waals surface area contributed by atoms with E-state index in [-0.39, 0.29) is 12.3 Å². The van der Waals surface area contributed by atoms with Crippen LogP contribution in [0.2, 0.25) is 0 Å². The molecule has 1 unspecified atom stereocenters. The van der Waals surface area contributed by atoms with Crippen LogP contribution in [0.3, 0.4) is 0 Å². The summed E-state index contributed by atoms with van der Waals surface area (Å²) < 4.78 is 44.7. The molecular formula is C11H17FN2O3S. The van der Waals surface area contributed by atoms with Gasteiger partial charge in [0.2, 0.25) is 10.0 Å². The number of nitrogens with two attached hydrogens (primary N) is 1. The van der Waals surface area contributed by atoms with Crippen LogP contribution in [-0.2, 0) is 14.8 Å². The summed E-state index contributed by atoms with van der Waals surface area (Å²) in [6.45, 7) is 2.03. The van der Waals surface area contributed by atoms with Crippen LogP contribution in [0.1, 0.15) is 13.3 Å². The second-order valence-corrected chi connectivity index (χ2v) is 5.55. The number of anilines is 1.